The fraction of sp³-hybridized carbons (Fsp3) is 0.571. The lowest BCUT2D eigenvalue weighted by Crippen LogP contribution is -2.50. The van der Waals surface area contributed by atoms with Crippen LogP contribution in [0.5, 0.6) is 0 Å². The zero-order valence-corrected chi connectivity index (χ0v) is 14.8. The molecule has 0 radical (unpaired) electrons. The Balaban J connectivity index is 2.23. The number of hydrogen-bond acceptors (Lipinski definition) is 4. The maximum atomic E-state index is 12.8. The van der Waals surface area contributed by atoms with Gasteiger partial charge in [0.15, 0.2) is 0 Å². The highest BCUT2D eigenvalue weighted by Gasteiger charge is 2.30. The molecular formula is C14H22BrN3O2S. The summed E-state index contributed by atoms with van der Waals surface area (Å²) in [6.45, 7) is 7.18. The van der Waals surface area contributed by atoms with Crippen molar-refractivity contribution in [2.45, 2.75) is 31.3 Å². The molecule has 118 valence electrons. The van der Waals surface area contributed by atoms with Gasteiger partial charge in [-0.1, -0.05) is 6.07 Å². The van der Waals surface area contributed by atoms with E-state index < -0.39 is 10.0 Å². The number of nitrogens with two attached hydrogens (primary N) is 1. The van der Waals surface area contributed by atoms with Crippen molar-refractivity contribution >= 4 is 26.0 Å². The Labute approximate surface area is 135 Å². The molecule has 1 aromatic rings. The minimum Gasteiger partial charge on any atom is -0.326 e. The van der Waals surface area contributed by atoms with Crippen LogP contribution in [0.4, 0.5) is 0 Å². The molecule has 0 atom stereocenters. The first-order valence-corrected chi connectivity index (χ1v) is 9.32. The SMILES string of the molecule is CC(C)N1CCN(S(=O)(=O)c2cc(CN)ccc2Br)CC1. The van der Waals surface area contributed by atoms with Crippen molar-refractivity contribution in [1.82, 2.24) is 9.21 Å². The summed E-state index contributed by atoms with van der Waals surface area (Å²) in [7, 11) is -3.47. The normalized spacial score (nSPS) is 18.3. The van der Waals surface area contributed by atoms with Gasteiger partial charge in [-0.05, 0) is 47.5 Å². The smallest absolute Gasteiger partial charge is 0.244 e. The van der Waals surface area contributed by atoms with E-state index in [4.69, 9.17) is 5.73 Å². The van der Waals surface area contributed by atoms with E-state index in [0.29, 0.717) is 35.0 Å². The van der Waals surface area contributed by atoms with Crippen LogP contribution in [0.2, 0.25) is 0 Å². The molecule has 0 amide bonds. The van der Waals surface area contributed by atoms with Crippen LogP contribution in [-0.2, 0) is 16.6 Å². The first kappa shape index (κ1) is 16.9. The highest BCUT2D eigenvalue weighted by Crippen LogP contribution is 2.27. The molecule has 7 heteroatoms. The van der Waals surface area contributed by atoms with Gasteiger partial charge >= 0.3 is 0 Å². The molecule has 0 saturated carbocycles. The fourth-order valence-electron chi connectivity index (χ4n) is 2.47. The highest BCUT2D eigenvalue weighted by molar-refractivity contribution is 9.10. The molecule has 1 saturated heterocycles. The summed E-state index contributed by atoms with van der Waals surface area (Å²) in [6, 6.07) is 5.69. The van der Waals surface area contributed by atoms with E-state index in [0.717, 1.165) is 18.7 Å². The maximum absolute atomic E-state index is 12.8. The van der Waals surface area contributed by atoms with E-state index in [2.05, 4.69) is 34.7 Å². The van der Waals surface area contributed by atoms with Gasteiger partial charge in [0.2, 0.25) is 10.0 Å². The third kappa shape index (κ3) is 3.65. The van der Waals surface area contributed by atoms with Crippen molar-refractivity contribution in [3.8, 4) is 0 Å². The van der Waals surface area contributed by atoms with Crippen LogP contribution in [0.1, 0.15) is 19.4 Å². The van der Waals surface area contributed by atoms with E-state index in [1.807, 2.05) is 6.07 Å². The van der Waals surface area contributed by atoms with Crippen molar-refractivity contribution in [3.05, 3.63) is 28.2 Å². The second-order valence-electron chi connectivity index (χ2n) is 5.50. The maximum Gasteiger partial charge on any atom is 0.244 e. The average Bonchev–Trinajstić information content (AvgIpc) is 2.47. The van der Waals surface area contributed by atoms with Crippen molar-refractivity contribution in [2.75, 3.05) is 26.2 Å². The molecule has 0 aromatic heterocycles. The number of rotatable bonds is 4. The van der Waals surface area contributed by atoms with Crippen LogP contribution in [0, 0.1) is 0 Å². The van der Waals surface area contributed by atoms with Crippen LogP contribution in [0.25, 0.3) is 0 Å². The summed E-state index contributed by atoms with van der Waals surface area (Å²) in [5.74, 6) is 0. The monoisotopic (exact) mass is 375 g/mol. The quantitative estimate of drug-likeness (QED) is 0.867. The highest BCUT2D eigenvalue weighted by atomic mass is 79.9. The van der Waals surface area contributed by atoms with Crippen LogP contribution < -0.4 is 5.73 Å². The van der Waals surface area contributed by atoms with Crippen LogP contribution in [-0.4, -0.2) is 49.8 Å². The van der Waals surface area contributed by atoms with Gasteiger partial charge in [0, 0.05) is 43.2 Å². The Morgan fingerprint density at radius 1 is 1.24 bits per heavy atom. The lowest BCUT2D eigenvalue weighted by molar-refractivity contribution is 0.154. The van der Waals surface area contributed by atoms with Gasteiger partial charge in [-0.2, -0.15) is 4.31 Å². The van der Waals surface area contributed by atoms with Gasteiger partial charge in [-0.3, -0.25) is 4.90 Å². The van der Waals surface area contributed by atoms with Crippen molar-refractivity contribution < 1.29 is 8.42 Å². The molecule has 1 fully saturated rings. The van der Waals surface area contributed by atoms with Crippen molar-refractivity contribution in [1.29, 1.82) is 0 Å². The minimum absolute atomic E-state index is 0.309. The minimum atomic E-state index is -3.47. The Morgan fingerprint density at radius 2 is 1.86 bits per heavy atom. The van der Waals surface area contributed by atoms with Gasteiger partial charge < -0.3 is 5.73 Å². The molecule has 2 rings (SSSR count). The number of benzene rings is 1. The van der Waals surface area contributed by atoms with Gasteiger partial charge in [0.25, 0.3) is 0 Å². The molecule has 0 bridgehead atoms. The van der Waals surface area contributed by atoms with Crippen LogP contribution in [0.3, 0.4) is 0 Å². The number of nitrogens with zero attached hydrogens (tertiary/aromatic N) is 2. The molecule has 1 aliphatic heterocycles. The number of halogens is 1. The van der Waals surface area contributed by atoms with Crippen LogP contribution in [0.15, 0.2) is 27.6 Å². The average molecular weight is 376 g/mol. The molecule has 2 N–H and O–H groups in total. The van der Waals surface area contributed by atoms with Gasteiger partial charge in [0.05, 0.1) is 4.90 Å². The molecule has 0 spiro atoms. The van der Waals surface area contributed by atoms with E-state index >= 15 is 0 Å². The summed E-state index contributed by atoms with van der Waals surface area (Å²) in [4.78, 5) is 2.60. The predicted octanol–water partition coefficient (Wildman–Crippen LogP) is 1.62. The lowest BCUT2D eigenvalue weighted by Gasteiger charge is -2.36. The summed E-state index contributed by atoms with van der Waals surface area (Å²) >= 11 is 3.34. The molecule has 0 aliphatic carbocycles. The van der Waals surface area contributed by atoms with Crippen LogP contribution >= 0.6 is 15.9 Å². The fourth-order valence-corrected chi connectivity index (χ4v) is 4.87. The molecule has 21 heavy (non-hydrogen) atoms. The third-order valence-electron chi connectivity index (χ3n) is 3.85. The standard InChI is InChI=1S/C14H22BrN3O2S/c1-11(2)17-5-7-18(8-6-17)21(19,20)14-9-12(10-16)3-4-13(14)15/h3-4,9,11H,5-8,10,16H2,1-2H3. The van der Waals surface area contributed by atoms with E-state index in [1.165, 1.54) is 0 Å². The Morgan fingerprint density at radius 3 is 2.38 bits per heavy atom. The van der Waals surface area contributed by atoms with Gasteiger partial charge in [-0.15, -0.1) is 0 Å². The van der Waals surface area contributed by atoms with E-state index in [1.54, 1.807) is 16.4 Å². The largest absolute Gasteiger partial charge is 0.326 e. The van der Waals surface area contributed by atoms with Crippen molar-refractivity contribution in [3.63, 3.8) is 0 Å². The first-order chi connectivity index (χ1) is 9.86. The van der Waals surface area contributed by atoms with E-state index in [9.17, 15) is 8.42 Å². The second-order valence-corrected chi connectivity index (χ2v) is 8.26. The summed E-state index contributed by atoms with van der Waals surface area (Å²) < 4.78 is 27.7. The lowest BCUT2D eigenvalue weighted by atomic mass is 10.2. The zero-order valence-electron chi connectivity index (χ0n) is 12.4. The molecule has 1 heterocycles. The Bertz CT molecular complexity index is 596. The van der Waals surface area contributed by atoms with E-state index in [-0.39, 0.29) is 0 Å². The molecule has 5 nitrogen and oxygen atoms in total. The Hall–Kier alpha value is -0.470. The van der Waals surface area contributed by atoms with Gasteiger partial charge in [0.1, 0.15) is 0 Å². The third-order valence-corrected chi connectivity index (χ3v) is 6.75. The zero-order chi connectivity index (χ0) is 15.6. The molecule has 0 unspecified atom stereocenters. The summed E-state index contributed by atoms with van der Waals surface area (Å²) in [5, 5.41) is 0. The summed E-state index contributed by atoms with van der Waals surface area (Å²) in [6.07, 6.45) is 0. The number of hydrogen-bond donors (Lipinski definition) is 1. The first-order valence-electron chi connectivity index (χ1n) is 7.09. The number of sulfonamides is 1. The second kappa shape index (κ2) is 6.75. The van der Waals surface area contributed by atoms with Crippen molar-refractivity contribution in [2.24, 2.45) is 5.73 Å². The molecule has 1 aromatic carbocycles. The predicted molar refractivity (Wildman–Crippen MR) is 87.5 cm³/mol. The Kier molecular flexibility index (Phi) is 5.43. The molecular weight excluding hydrogens is 354 g/mol. The topological polar surface area (TPSA) is 66.6 Å². The molecule has 1 aliphatic rings. The summed E-state index contributed by atoms with van der Waals surface area (Å²) in [5.41, 5.74) is 6.43. The van der Waals surface area contributed by atoms with Gasteiger partial charge in [-0.25, -0.2) is 8.42 Å². The number of piperazine rings is 1.